The predicted octanol–water partition coefficient (Wildman–Crippen LogP) is 3.19. The minimum Gasteiger partial charge on any atom is -0.312 e. The zero-order valence-corrected chi connectivity index (χ0v) is 12.6. The molecule has 0 spiro atoms. The van der Waals surface area contributed by atoms with E-state index < -0.39 is 10.8 Å². The molecule has 0 bridgehead atoms. The van der Waals surface area contributed by atoms with Crippen LogP contribution in [0.5, 0.6) is 0 Å². The Hall–Kier alpha value is -0.670. The fourth-order valence-corrected chi connectivity index (χ4v) is 3.35. The van der Waals surface area contributed by atoms with E-state index in [4.69, 9.17) is 0 Å². The molecule has 102 valence electrons. The van der Waals surface area contributed by atoms with Crippen molar-refractivity contribution in [2.45, 2.75) is 39.2 Å². The molecule has 0 amide bonds. The molecule has 1 N–H and O–H groups in total. The van der Waals surface area contributed by atoms with E-state index in [1.807, 2.05) is 7.05 Å². The van der Waals surface area contributed by atoms with Crippen molar-refractivity contribution in [3.63, 3.8) is 0 Å². The fraction of sp³-hybridized carbons (Fsp3) is 0.600. The maximum Gasteiger partial charge on any atom is 0.0434 e. The second-order valence-electron chi connectivity index (χ2n) is 4.77. The monoisotopic (exact) mass is 267 g/mol. The quantitative estimate of drug-likeness (QED) is 0.733. The number of hydrogen-bond acceptors (Lipinski definition) is 2. The maximum absolute atomic E-state index is 12.0. The van der Waals surface area contributed by atoms with Crippen molar-refractivity contribution >= 4 is 10.8 Å². The lowest BCUT2D eigenvalue weighted by molar-refractivity contribution is 0.632. The molecule has 1 aromatic carbocycles. The van der Waals surface area contributed by atoms with Crippen LogP contribution in [0.3, 0.4) is 0 Å². The summed E-state index contributed by atoms with van der Waals surface area (Å²) in [6.07, 6.45) is 3.44. The number of nitrogens with one attached hydrogen (secondary N) is 1. The molecule has 0 aliphatic rings. The third-order valence-corrected chi connectivity index (χ3v) is 4.61. The molecule has 0 aliphatic heterocycles. The summed E-state index contributed by atoms with van der Waals surface area (Å²) in [7, 11) is 1.22. The van der Waals surface area contributed by atoms with Crippen LogP contribution in [0.15, 0.2) is 24.3 Å². The van der Waals surface area contributed by atoms with Crippen LogP contribution in [0.25, 0.3) is 0 Å². The van der Waals surface area contributed by atoms with Gasteiger partial charge in [0.1, 0.15) is 0 Å². The van der Waals surface area contributed by atoms with Crippen LogP contribution in [-0.4, -0.2) is 22.8 Å². The van der Waals surface area contributed by atoms with Gasteiger partial charge in [-0.15, -0.1) is 0 Å². The van der Waals surface area contributed by atoms with E-state index in [1.165, 1.54) is 24.0 Å². The largest absolute Gasteiger partial charge is 0.312 e. The van der Waals surface area contributed by atoms with E-state index in [9.17, 15) is 4.21 Å². The second kappa shape index (κ2) is 8.44. The zero-order valence-electron chi connectivity index (χ0n) is 11.7. The second-order valence-corrected chi connectivity index (χ2v) is 6.39. The molecule has 0 fully saturated rings. The average Bonchev–Trinajstić information content (AvgIpc) is 2.37. The van der Waals surface area contributed by atoms with Gasteiger partial charge in [-0.2, -0.15) is 0 Å². The van der Waals surface area contributed by atoms with Gasteiger partial charge < -0.3 is 5.32 Å². The molecule has 2 unspecified atom stereocenters. The van der Waals surface area contributed by atoms with E-state index >= 15 is 0 Å². The molecule has 0 saturated heterocycles. The van der Waals surface area contributed by atoms with Gasteiger partial charge in [0.15, 0.2) is 0 Å². The number of unbranched alkanes of at least 4 members (excludes halogenated alkanes) is 2. The summed E-state index contributed by atoms with van der Waals surface area (Å²) in [4.78, 5) is 0. The van der Waals surface area contributed by atoms with E-state index in [0.717, 1.165) is 12.2 Å². The lowest BCUT2D eigenvalue weighted by Crippen LogP contribution is -2.23. The normalized spacial score (nSPS) is 14.4. The van der Waals surface area contributed by atoms with Gasteiger partial charge in [-0.25, -0.2) is 0 Å². The van der Waals surface area contributed by atoms with Crippen LogP contribution in [0, 0.1) is 6.92 Å². The molecule has 1 aromatic rings. The van der Waals surface area contributed by atoms with Gasteiger partial charge in [-0.3, -0.25) is 4.21 Å². The lowest BCUT2D eigenvalue weighted by atomic mass is 10.1. The Labute approximate surface area is 114 Å². The van der Waals surface area contributed by atoms with Crippen molar-refractivity contribution in [1.82, 2.24) is 5.32 Å². The Morgan fingerprint density at radius 2 is 1.89 bits per heavy atom. The maximum atomic E-state index is 12.0. The van der Waals surface area contributed by atoms with Crippen molar-refractivity contribution in [3.8, 4) is 0 Å². The molecule has 0 saturated carbocycles. The summed E-state index contributed by atoms with van der Waals surface area (Å²) in [5, 5.41) is 3.27. The van der Waals surface area contributed by atoms with Crippen molar-refractivity contribution in [2.24, 2.45) is 0 Å². The number of aryl methyl sites for hydroxylation is 1. The molecule has 0 aromatic heterocycles. The van der Waals surface area contributed by atoms with Gasteiger partial charge in [0, 0.05) is 28.3 Å². The van der Waals surface area contributed by atoms with Gasteiger partial charge in [-0.1, -0.05) is 49.6 Å². The molecule has 0 heterocycles. The third-order valence-electron chi connectivity index (χ3n) is 3.16. The van der Waals surface area contributed by atoms with Crippen molar-refractivity contribution in [2.75, 3.05) is 18.6 Å². The van der Waals surface area contributed by atoms with Crippen molar-refractivity contribution in [1.29, 1.82) is 0 Å². The molecular weight excluding hydrogens is 242 g/mol. The first-order valence-corrected chi connectivity index (χ1v) is 8.25. The summed E-state index contributed by atoms with van der Waals surface area (Å²) in [5.74, 6) is 1.54. The van der Waals surface area contributed by atoms with E-state index in [0.29, 0.717) is 5.75 Å². The zero-order chi connectivity index (χ0) is 13.4. The van der Waals surface area contributed by atoms with Crippen molar-refractivity contribution in [3.05, 3.63) is 35.4 Å². The summed E-state index contributed by atoms with van der Waals surface area (Å²) in [5.41, 5.74) is 2.49. The van der Waals surface area contributed by atoms with Gasteiger partial charge in [0.05, 0.1) is 0 Å². The van der Waals surface area contributed by atoms with E-state index in [2.05, 4.69) is 43.4 Å². The van der Waals surface area contributed by atoms with Gasteiger partial charge in [-0.05, 0) is 26.0 Å². The molecule has 2 nitrogen and oxygen atoms in total. The first kappa shape index (κ1) is 15.4. The molecule has 2 atom stereocenters. The first-order valence-electron chi connectivity index (χ1n) is 6.76. The highest BCUT2D eigenvalue weighted by Gasteiger charge is 2.12. The molecule has 3 heteroatoms. The Morgan fingerprint density at radius 3 is 2.44 bits per heavy atom. The lowest BCUT2D eigenvalue weighted by Gasteiger charge is -2.16. The van der Waals surface area contributed by atoms with Gasteiger partial charge in [0.25, 0.3) is 0 Å². The number of hydrogen-bond donors (Lipinski definition) is 1. The summed E-state index contributed by atoms with van der Waals surface area (Å²) < 4.78 is 12.0. The highest BCUT2D eigenvalue weighted by Crippen LogP contribution is 2.15. The minimum atomic E-state index is -0.720. The molecule has 0 radical (unpaired) electrons. The molecule has 1 rings (SSSR count). The molecule has 18 heavy (non-hydrogen) atoms. The van der Waals surface area contributed by atoms with Crippen LogP contribution >= 0.6 is 0 Å². The Bertz CT molecular complexity index is 361. The molecular formula is C15H25NOS. The summed E-state index contributed by atoms with van der Waals surface area (Å²) >= 11 is 0. The predicted molar refractivity (Wildman–Crippen MR) is 80.4 cm³/mol. The Morgan fingerprint density at radius 1 is 1.22 bits per heavy atom. The topological polar surface area (TPSA) is 29.1 Å². The fourth-order valence-electron chi connectivity index (χ4n) is 1.93. The standard InChI is InChI=1S/C15H25NOS/c1-4-5-6-11-18(17)12-15(16-3)14-9-7-13(2)8-10-14/h7-10,15-16H,4-6,11-12H2,1-3H3. The van der Waals surface area contributed by atoms with Crippen LogP contribution in [0.4, 0.5) is 0 Å². The number of benzene rings is 1. The number of rotatable bonds is 8. The van der Waals surface area contributed by atoms with Crippen LogP contribution in [0.2, 0.25) is 0 Å². The Kier molecular flexibility index (Phi) is 7.21. The molecule has 0 aliphatic carbocycles. The van der Waals surface area contributed by atoms with Crippen LogP contribution < -0.4 is 5.32 Å². The highest BCUT2D eigenvalue weighted by molar-refractivity contribution is 7.85. The summed E-state index contributed by atoms with van der Waals surface area (Å²) in [6.45, 7) is 4.26. The van der Waals surface area contributed by atoms with Crippen molar-refractivity contribution < 1.29 is 4.21 Å². The van der Waals surface area contributed by atoms with E-state index in [-0.39, 0.29) is 6.04 Å². The minimum absolute atomic E-state index is 0.202. The first-order chi connectivity index (χ1) is 8.67. The van der Waals surface area contributed by atoms with Gasteiger partial charge >= 0.3 is 0 Å². The third kappa shape index (κ3) is 5.32. The van der Waals surface area contributed by atoms with Crippen LogP contribution in [-0.2, 0) is 10.8 Å². The smallest absolute Gasteiger partial charge is 0.0434 e. The Balaban J connectivity index is 2.51. The summed E-state index contributed by atoms with van der Waals surface area (Å²) in [6, 6.07) is 8.67. The highest BCUT2D eigenvalue weighted by atomic mass is 32.2. The van der Waals surface area contributed by atoms with Gasteiger partial charge in [0.2, 0.25) is 0 Å². The SMILES string of the molecule is CCCCCS(=O)CC(NC)c1ccc(C)cc1. The average molecular weight is 267 g/mol. The van der Waals surface area contributed by atoms with E-state index in [1.54, 1.807) is 0 Å². The van der Waals surface area contributed by atoms with Crippen LogP contribution in [0.1, 0.15) is 43.4 Å².